The lowest BCUT2D eigenvalue weighted by atomic mass is 10.0. The van der Waals surface area contributed by atoms with Crippen molar-refractivity contribution in [1.82, 2.24) is 20.5 Å². The minimum absolute atomic E-state index is 0.0172. The monoisotopic (exact) mass is 778 g/mol. The molecule has 1 saturated heterocycles. The van der Waals surface area contributed by atoms with Gasteiger partial charge >= 0.3 is 12.1 Å². The summed E-state index contributed by atoms with van der Waals surface area (Å²) < 4.78 is 23.8. The van der Waals surface area contributed by atoms with E-state index in [0.29, 0.717) is 53.3 Å². The molecule has 1 aliphatic carbocycles. The van der Waals surface area contributed by atoms with Gasteiger partial charge in [-0.1, -0.05) is 55.3 Å². The summed E-state index contributed by atoms with van der Waals surface area (Å²) in [5.41, 5.74) is 0.619. The fourth-order valence-corrected chi connectivity index (χ4v) is 7.87. The number of hydrogen-bond acceptors (Lipinski definition) is 9. The maximum absolute atomic E-state index is 14.8. The van der Waals surface area contributed by atoms with Gasteiger partial charge in [-0.3, -0.25) is 9.59 Å². The largest absolute Gasteiger partial charge is 0.497 e. The Kier molecular flexibility index (Phi) is 11.3. The first kappa shape index (κ1) is 39.4. The summed E-state index contributed by atoms with van der Waals surface area (Å²) >= 11 is 0. The van der Waals surface area contributed by atoms with Crippen molar-refractivity contribution in [1.29, 1.82) is 0 Å². The van der Waals surface area contributed by atoms with Crippen LogP contribution in [0.4, 0.5) is 4.79 Å². The van der Waals surface area contributed by atoms with Gasteiger partial charge in [0, 0.05) is 35.9 Å². The van der Waals surface area contributed by atoms with Gasteiger partial charge in [0.2, 0.25) is 11.8 Å². The highest BCUT2D eigenvalue weighted by Crippen LogP contribution is 2.47. The van der Waals surface area contributed by atoms with Gasteiger partial charge in [0.15, 0.2) is 0 Å². The van der Waals surface area contributed by atoms with Crippen molar-refractivity contribution in [3.8, 4) is 28.5 Å². The molecular weight excluding hydrogens is 729 g/mol. The standard InChI is InChI=1S/C44H50N4O9/c1-43(2,3)57-42(53)46-36-21-27-12-11-16-31(20-27)55-19-10-6-9-15-29-25-44(29,41(51)52)47-39(49)37-23-32(26-48(37)40(36)50)56-38-24-34(28-13-7-5-8-14-28)45-35-22-30(54-4)17-18-33(35)38/h5,7-8,11-14,16-18,20,22,24,29,32,36-37H,6,9-10,15,19,21,23,25-26H2,1-4H3,(H,46,53)(H,47,49)(H,51,52)/t29?,32-,36-,37+,44+/m1/s1. The van der Waals surface area contributed by atoms with Crippen molar-refractivity contribution < 1.29 is 43.2 Å². The number of benzene rings is 3. The number of aromatic nitrogens is 1. The lowest BCUT2D eigenvalue weighted by molar-refractivity contribution is -0.146. The van der Waals surface area contributed by atoms with E-state index in [4.69, 9.17) is 23.9 Å². The summed E-state index contributed by atoms with van der Waals surface area (Å²) in [6, 6.07) is 22.1. The molecule has 2 fully saturated rings. The number of carboxylic acid groups (broad SMARTS) is 1. The number of amides is 3. The normalized spacial score (nSPS) is 24.1. The van der Waals surface area contributed by atoms with Crippen LogP contribution >= 0.6 is 0 Å². The Morgan fingerprint density at radius 3 is 2.56 bits per heavy atom. The molecule has 3 amide bonds. The number of hydrogen-bond donors (Lipinski definition) is 3. The zero-order valence-electron chi connectivity index (χ0n) is 32.8. The van der Waals surface area contributed by atoms with Gasteiger partial charge in [-0.15, -0.1) is 0 Å². The molecule has 13 nitrogen and oxygen atoms in total. The molecule has 300 valence electrons. The number of aliphatic carboxylic acids is 1. The molecule has 1 saturated carbocycles. The van der Waals surface area contributed by atoms with Gasteiger partial charge in [0.1, 0.15) is 46.6 Å². The molecule has 3 heterocycles. The van der Waals surface area contributed by atoms with E-state index >= 15 is 0 Å². The third-order valence-electron chi connectivity index (χ3n) is 10.8. The average molecular weight is 779 g/mol. The van der Waals surface area contributed by atoms with E-state index in [-0.39, 0.29) is 25.3 Å². The number of alkyl carbamates (subject to hydrolysis) is 1. The predicted molar refractivity (Wildman–Crippen MR) is 212 cm³/mol. The Balaban J connectivity index is 1.25. The SMILES string of the molecule is COc1ccc2c(O[C@@H]3C[C@H]4C(=O)N[C@@]5(C(=O)O)CC5CCCCCOc5cccc(c5)C[C@@H](NC(=O)OC(C)(C)C)C(=O)N4C3)cc(-c3ccccc3)nc2c1. The Morgan fingerprint density at radius 2 is 1.81 bits per heavy atom. The van der Waals surface area contributed by atoms with E-state index in [1.165, 1.54) is 4.90 Å². The highest BCUT2D eigenvalue weighted by molar-refractivity contribution is 5.96. The van der Waals surface area contributed by atoms with Crippen molar-refractivity contribution >= 4 is 34.8 Å². The molecule has 5 atom stereocenters. The first-order valence-corrected chi connectivity index (χ1v) is 19.6. The molecule has 1 unspecified atom stereocenters. The second-order valence-corrected chi connectivity index (χ2v) is 16.2. The maximum atomic E-state index is 14.8. The Hall–Kier alpha value is -5.85. The summed E-state index contributed by atoms with van der Waals surface area (Å²) in [4.78, 5) is 61.5. The minimum Gasteiger partial charge on any atom is -0.497 e. The van der Waals surface area contributed by atoms with Gasteiger partial charge in [0.25, 0.3) is 0 Å². The molecule has 2 bridgehead atoms. The molecule has 1 aromatic heterocycles. The van der Waals surface area contributed by atoms with Crippen LogP contribution in [0.25, 0.3) is 22.2 Å². The first-order chi connectivity index (χ1) is 27.3. The Morgan fingerprint density at radius 1 is 1.00 bits per heavy atom. The molecular formula is C44H50N4O9. The van der Waals surface area contributed by atoms with Crippen LogP contribution in [0, 0.1) is 5.92 Å². The zero-order valence-corrected chi connectivity index (χ0v) is 32.8. The highest BCUT2D eigenvalue weighted by Gasteiger charge is 2.62. The average Bonchev–Trinajstić information content (AvgIpc) is 3.72. The summed E-state index contributed by atoms with van der Waals surface area (Å²) in [6.45, 7) is 5.64. The first-order valence-electron chi connectivity index (χ1n) is 19.6. The van der Waals surface area contributed by atoms with Gasteiger partial charge in [-0.2, -0.15) is 0 Å². The second-order valence-electron chi connectivity index (χ2n) is 16.2. The third-order valence-corrected chi connectivity index (χ3v) is 10.8. The summed E-state index contributed by atoms with van der Waals surface area (Å²) in [7, 11) is 1.58. The van der Waals surface area contributed by atoms with Crippen molar-refractivity contribution in [2.24, 2.45) is 5.92 Å². The van der Waals surface area contributed by atoms with Crippen LogP contribution in [0.3, 0.4) is 0 Å². The molecule has 4 aromatic rings. The van der Waals surface area contributed by atoms with E-state index in [0.717, 1.165) is 30.4 Å². The Bertz CT molecular complexity index is 2140. The minimum atomic E-state index is -1.43. The van der Waals surface area contributed by atoms with Crippen LogP contribution in [0.2, 0.25) is 0 Å². The molecule has 3 aliphatic rings. The molecule has 7 rings (SSSR count). The van der Waals surface area contributed by atoms with Crippen molar-refractivity contribution in [3.05, 3.63) is 84.4 Å². The molecule has 57 heavy (non-hydrogen) atoms. The highest BCUT2D eigenvalue weighted by atomic mass is 16.6. The summed E-state index contributed by atoms with van der Waals surface area (Å²) in [5, 5.41) is 16.7. The van der Waals surface area contributed by atoms with Crippen LogP contribution in [-0.2, 0) is 25.5 Å². The van der Waals surface area contributed by atoms with E-state index in [1.807, 2.05) is 78.9 Å². The number of nitrogens with one attached hydrogen (secondary N) is 2. The molecule has 0 spiro atoms. The number of methoxy groups -OCH3 is 1. The number of rotatable bonds is 6. The number of fused-ring (bicyclic) bond motifs is 5. The van der Waals surface area contributed by atoms with Crippen LogP contribution in [0.5, 0.6) is 17.2 Å². The quantitative estimate of drug-likeness (QED) is 0.202. The zero-order chi connectivity index (χ0) is 40.3. The lowest BCUT2D eigenvalue weighted by Gasteiger charge is -2.30. The smallest absolute Gasteiger partial charge is 0.408 e. The fourth-order valence-electron chi connectivity index (χ4n) is 7.87. The Labute approximate surface area is 332 Å². The number of carbonyl (C=O) groups is 4. The van der Waals surface area contributed by atoms with Crippen LogP contribution in [0.15, 0.2) is 78.9 Å². The van der Waals surface area contributed by atoms with Crippen LogP contribution < -0.4 is 24.8 Å². The van der Waals surface area contributed by atoms with Crippen LogP contribution in [0.1, 0.15) is 64.9 Å². The molecule has 3 N–H and O–H groups in total. The number of nitrogens with zero attached hydrogens (tertiary/aromatic N) is 2. The second kappa shape index (κ2) is 16.3. The predicted octanol–water partition coefficient (Wildman–Crippen LogP) is 6.31. The topological polar surface area (TPSA) is 166 Å². The number of ether oxygens (including phenoxy) is 4. The van der Waals surface area contributed by atoms with E-state index in [9.17, 15) is 24.3 Å². The number of carboxylic acids is 1. The number of pyridine rings is 1. The van der Waals surface area contributed by atoms with Gasteiger partial charge in [0.05, 0.1) is 31.5 Å². The van der Waals surface area contributed by atoms with Gasteiger partial charge in [-0.25, -0.2) is 14.6 Å². The number of carbonyl (C=O) groups excluding carboxylic acids is 3. The molecule has 13 heteroatoms. The van der Waals surface area contributed by atoms with Crippen molar-refractivity contribution in [2.45, 2.75) is 95.0 Å². The molecule has 3 aromatic carbocycles. The van der Waals surface area contributed by atoms with E-state index in [1.54, 1.807) is 27.9 Å². The summed E-state index contributed by atoms with van der Waals surface area (Å²) in [6.07, 6.45) is 2.00. The lowest BCUT2D eigenvalue weighted by Crippen LogP contribution is -2.57. The fraction of sp³-hybridized carbons (Fsp3) is 0.432. The third kappa shape index (κ3) is 9.08. The van der Waals surface area contributed by atoms with Gasteiger partial charge < -0.3 is 39.6 Å². The van der Waals surface area contributed by atoms with Crippen LogP contribution in [-0.4, -0.2) is 88.5 Å². The molecule has 0 radical (unpaired) electrons. The van der Waals surface area contributed by atoms with E-state index in [2.05, 4.69) is 10.6 Å². The molecule has 2 aliphatic heterocycles. The maximum Gasteiger partial charge on any atom is 0.408 e. The van der Waals surface area contributed by atoms with E-state index < -0.39 is 53.2 Å². The van der Waals surface area contributed by atoms with Crippen molar-refractivity contribution in [3.63, 3.8) is 0 Å². The van der Waals surface area contributed by atoms with Crippen molar-refractivity contribution in [2.75, 3.05) is 20.3 Å². The summed E-state index contributed by atoms with van der Waals surface area (Å²) in [5.74, 6) is -0.716. The van der Waals surface area contributed by atoms with Gasteiger partial charge in [-0.05, 0) is 75.8 Å².